The molecule has 0 saturated carbocycles. The zero-order valence-corrected chi connectivity index (χ0v) is 13.3. The Morgan fingerprint density at radius 3 is 2.57 bits per heavy atom. The van der Waals surface area contributed by atoms with Crippen molar-refractivity contribution in [1.82, 2.24) is 5.32 Å². The van der Waals surface area contributed by atoms with Gasteiger partial charge >= 0.3 is 0 Å². The van der Waals surface area contributed by atoms with E-state index in [9.17, 15) is 22.9 Å². The van der Waals surface area contributed by atoms with E-state index in [4.69, 9.17) is 5.14 Å². The van der Waals surface area contributed by atoms with Crippen LogP contribution >= 0.6 is 0 Å². The minimum atomic E-state index is -4.05. The van der Waals surface area contributed by atoms with E-state index in [2.05, 4.69) is 5.32 Å². The number of alkyl halides is 1. The van der Waals surface area contributed by atoms with E-state index in [0.717, 1.165) is 32.0 Å². The molecular weight excluding hydrogens is 327 g/mol. The number of nitrogens with zero attached hydrogens (tertiary/aromatic N) is 2. The molecule has 128 valence electrons. The molecule has 0 bridgehead atoms. The fourth-order valence-corrected chi connectivity index (χ4v) is 3.31. The third kappa shape index (κ3) is 4.15. The standard InChI is InChI=1S/C13H19FN4O4S/c14-5-8-17(10-3-6-16-7-4-10)12-2-1-11(23(15,21)22)9-13(12)18(19)20/h1-2,9-10,16H,3-8H2,(H2,15,21,22). The maximum atomic E-state index is 12.9. The number of hydrogen-bond acceptors (Lipinski definition) is 6. The first-order valence-corrected chi connectivity index (χ1v) is 8.74. The predicted octanol–water partition coefficient (Wildman–Crippen LogP) is 0.770. The van der Waals surface area contributed by atoms with Crippen LogP contribution in [-0.4, -0.2) is 45.7 Å². The summed E-state index contributed by atoms with van der Waals surface area (Å²) in [6, 6.07) is 3.43. The van der Waals surface area contributed by atoms with Crippen molar-refractivity contribution in [3.8, 4) is 0 Å². The minimum Gasteiger partial charge on any atom is -0.360 e. The lowest BCUT2D eigenvalue weighted by molar-refractivity contribution is -0.384. The average molecular weight is 346 g/mol. The van der Waals surface area contributed by atoms with Crippen LogP contribution in [0.5, 0.6) is 0 Å². The Bertz CT molecular complexity index is 677. The number of nitrogens with one attached hydrogen (secondary N) is 1. The Morgan fingerprint density at radius 1 is 1.39 bits per heavy atom. The van der Waals surface area contributed by atoms with Crippen molar-refractivity contribution in [2.24, 2.45) is 5.14 Å². The number of piperidine rings is 1. The summed E-state index contributed by atoms with van der Waals surface area (Å²) in [5.41, 5.74) is -0.171. The van der Waals surface area contributed by atoms with Gasteiger partial charge in [0, 0.05) is 18.7 Å². The first-order chi connectivity index (χ1) is 10.8. The fourth-order valence-electron chi connectivity index (χ4n) is 2.78. The van der Waals surface area contributed by atoms with Crippen molar-refractivity contribution in [2.75, 3.05) is 31.2 Å². The molecule has 0 radical (unpaired) electrons. The van der Waals surface area contributed by atoms with Crippen LogP contribution in [-0.2, 0) is 10.0 Å². The van der Waals surface area contributed by atoms with Gasteiger partial charge in [0.1, 0.15) is 12.4 Å². The Labute approximate surface area is 133 Å². The summed E-state index contributed by atoms with van der Waals surface area (Å²) < 4.78 is 35.7. The number of nitro benzene ring substituents is 1. The van der Waals surface area contributed by atoms with Crippen molar-refractivity contribution in [1.29, 1.82) is 0 Å². The molecule has 1 aliphatic heterocycles. The van der Waals surface area contributed by atoms with Crippen molar-refractivity contribution in [3.05, 3.63) is 28.3 Å². The van der Waals surface area contributed by atoms with Crippen molar-refractivity contribution in [2.45, 2.75) is 23.8 Å². The Kier molecular flexibility index (Phi) is 5.50. The van der Waals surface area contributed by atoms with Gasteiger partial charge < -0.3 is 10.2 Å². The number of halogens is 1. The van der Waals surface area contributed by atoms with Gasteiger partial charge in [-0.3, -0.25) is 10.1 Å². The first kappa shape index (κ1) is 17.6. The van der Waals surface area contributed by atoms with Crippen molar-refractivity contribution < 1.29 is 17.7 Å². The van der Waals surface area contributed by atoms with Crippen LogP contribution in [0.3, 0.4) is 0 Å². The highest BCUT2D eigenvalue weighted by molar-refractivity contribution is 7.89. The lowest BCUT2D eigenvalue weighted by Crippen LogP contribution is -2.44. The fraction of sp³-hybridized carbons (Fsp3) is 0.538. The molecular formula is C13H19FN4O4S. The van der Waals surface area contributed by atoms with Gasteiger partial charge in [0.15, 0.2) is 0 Å². The third-order valence-electron chi connectivity index (χ3n) is 3.86. The van der Waals surface area contributed by atoms with Gasteiger partial charge in [-0.15, -0.1) is 0 Å². The Balaban J connectivity index is 2.47. The Hall–Kier alpha value is -1.78. The summed E-state index contributed by atoms with van der Waals surface area (Å²) in [5, 5.41) is 19.5. The van der Waals surface area contributed by atoms with Gasteiger partial charge in [-0.2, -0.15) is 0 Å². The minimum absolute atomic E-state index is 0.0141. The molecule has 0 atom stereocenters. The van der Waals surface area contributed by atoms with Crippen molar-refractivity contribution >= 4 is 21.4 Å². The number of hydrogen-bond donors (Lipinski definition) is 2. The lowest BCUT2D eigenvalue weighted by atomic mass is 10.0. The van der Waals surface area contributed by atoms with Gasteiger partial charge in [-0.1, -0.05) is 0 Å². The second-order valence-corrected chi connectivity index (χ2v) is 6.88. The van der Waals surface area contributed by atoms with Gasteiger partial charge in [0.2, 0.25) is 10.0 Å². The summed E-state index contributed by atoms with van der Waals surface area (Å²) in [6.45, 7) is 0.852. The predicted molar refractivity (Wildman–Crippen MR) is 83.7 cm³/mol. The normalized spacial score (nSPS) is 16.3. The second-order valence-electron chi connectivity index (χ2n) is 5.32. The SMILES string of the molecule is NS(=O)(=O)c1ccc(N(CCF)C2CCNCC2)c([N+](=O)[O-])c1. The molecule has 10 heteroatoms. The maximum Gasteiger partial charge on any atom is 0.293 e. The number of rotatable bonds is 6. The second kappa shape index (κ2) is 7.20. The van der Waals surface area contributed by atoms with Gasteiger partial charge in [-0.05, 0) is 38.1 Å². The maximum absolute atomic E-state index is 12.9. The molecule has 0 amide bonds. The van der Waals surface area contributed by atoms with Gasteiger partial charge in [0.05, 0.1) is 9.82 Å². The number of primary sulfonamides is 1. The van der Waals surface area contributed by atoms with Crippen LogP contribution < -0.4 is 15.4 Å². The molecule has 2 rings (SSSR count). The van der Waals surface area contributed by atoms with Gasteiger partial charge in [0.25, 0.3) is 5.69 Å². The average Bonchev–Trinajstić information content (AvgIpc) is 2.52. The van der Waals surface area contributed by atoms with Gasteiger partial charge in [-0.25, -0.2) is 17.9 Å². The molecule has 0 unspecified atom stereocenters. The van der Waals surface area contributed by atoms with Crippen LogP contribution in [0.15, 0.2) is 23.1 Å². The molecule has 1 aromatic rings. The highest BCUT2D eigenvalue weighted by Gasteiger charge is 2.28. The highest BCUT2D eigenvalue weighted by Crippen LogP contribution is 2.33. The van der Waals surface area contributed by atoms with E-state index in [1.807, 2.05) is 0 Å². The van der Waals surface area contributed by atoms with Crippen molar-refractivity contribution in [3.63, 3.8) is 0 Å². The first-order valence-electron chi connectivity index (χ1n) is 7.19. The number of anilines is 1. The Morgan fingerprint density at radius 2 is 2.04 bits per heavy atom. The summed E-state index contributed by atoms with van der Waals surface area (Å²) in [6.07, 6.45) is 1.46. The van der Waals surface area contributed by atoms with E-state index in [1.54, 1.807) is 4.90 Å². The molecule has 1 fully saturated rings. The lowest BCUT2D eigenvalue weighted by Gasteiger charge is -2.35. The van der Waals surface area contributed by atoms with E-state index in [-0.39, 0.29) is 28.9 Å². The zero-order chi connectivity index (χ0) is 17.0. The molecule has 0 spiro atoms. The van der Waals surface area contributed by atoms with Crippen LogP contribution in [0.25, 0.3) is 0 Å². The van der Waals surface area contributed by atoms with Crippen LogP contribution in [0.1, 0.15) is 12.8 Å². The van der Waals surface area contributed by atoms with E-state index in [1.165, 1.54) is 12.1 Å². The smallest absolute Gasteiger partial charge is 0.293 e. The van der Waals surface area contributed by atoms with E-state index >= 15 is 0 Å². The molecule has 1 aromatic carbocycles. The number of nitrogens with two attached hydrogens (primary N) is 1. The monoisotopic (exact) mass is 346 g/mol. The molecule has 0 aliphatic carbocycles. The molecule has 3 N–H and O–H groups in total. The van der Waals surface area contributed by atoms with Crippen LogP contribution in [0, 0.1) is 10.1 Å². The van der Waals surface area contributed by atoms with Crippen LogP contribution in [0.2, 0.25) is 0 Å². The third-order valence-corrected chi connectivity index (χ3v) is 4.77. The summed E-state index contributed by atoms with van der Waals surface area (Å²) in [4.78, 5) is 12.0. The summed E-state index contributed by atoms with van der Waals surface area (Å²) >= 11 is 0. The quantitative estimate of drug-likeness (QED) is 0.580. The van der Waals surface area contributed by atoms with E-state index < -0.39 is 21.6 Å². The number of benzene rings is 1. The zero-order valence-electron chi connectivity index (χ0n) is 12.4. The topological polar surface area (TPSA) is 119 Å². The molecule has 23 heavy (non-hydrogen) atoms. The largest absolute Gasteiger partial charge is 0.360 e. The number of nitro groups is 1. The molecule has 1 saturated heterocycles. The molecule has 1 aliphatic rings. The molecule has 1 heterocycles. The number of sulfonamides is 1. The summed E-state index contributed by atoms with van der Waals surface area (Å²) in [7, 11) is -4.05. The van der Waals surface area contributed by atoms with Crippen LogP contribution in [0.4, 0.5) is 15.8 Å². The summed E-state index contributed by atoms with van der Waals surface area (Å²) in [5.74, 6) is 0. The molecule has 0 aromatic heterocycles. The molecule has 8 nitrogen and oxygen atoms in total. The highest BCUT2D eigenvalue weighted by atomic mass is 32.2. The van der Waals surface area contributed by atoms with E-state index in [0.29, 0.717) is 0 Å².